The molecule has 0 radical (unpaired) electrons. The van der Waals surface area contributed by atoms with E-state index in [1.165, 1.54) is 0 Å². The van der Waals surface area contributed by atoms with Crippen LogP contribution in [-0.2, 0) is 4.79 Å². The molecule has 24 heavy (non-hydrogen) atoms. The monoisotopic (exact) mass is 342 g/mol. The average molecular weight is 343 g/mol. The standard InChI is InChI=1S/C19H19ClN2O2/c20-18-6-2-1-4-15(18)7-8-19(23)22-12-9-16(10-13-22)24-17-5-3-11-21-14-17/h1-8,11,14,16H,9-10,12-13H2/b8-7+. The highest BCUT2D eigenvalue weighted by Crippen LogP contribution is 2.19. The topological polar surface area (TPSA) is 42.4 Å². The van der Waals surface area contributed by atoms with Crippen molar-refractivity contribution >= 4 is 23.6 Å². The van der Waals surface area contributed by atoms with Crippen LogP contribution in [-0.4, -0.2) is 35.0 Å². The minimum Gasteiger partial charge on any atom is -0.489 e. The van der Waals surface area contributed by atoms with Gasteiger partial charge < -0.3 is 9.64 Å². The fourth-order valence-corrected chi connectivity index (χ4v) is 2.88. The molecule has 5 heteroatoms. The van der Waals surface area contributed by atoms with Crippen molar-refractivity contribution in [2.45, 2.75) is 18.9 Å². The predicted octanol–water partition coefficient (Wildman–Crippen LogP) is 3.82. The Kier molecular flexibility index (Phi) is 5.49. The summed E-state index contributed by atoms with van der Waals surface area (Å²) >= 11 is 6.09. The number of hydrogen-bond donors (Lipinski definition) is 0. The number of piperidine rings is 1. The molecular formula is C19H19ClN2O2. The van der Waals surface area contributed by atoms with Gasteiger partial charge in [-0.15, -0.1) is 0 Å². The fourth-order valence-electron chi connectivity index (χ4n) is 2.68. The Bertz CT molecular complexity index is 710. The largest absolute Gasteiger partial charge is 0.489 e. The first-order chi connectivity index (χ1) is 11.7. The zero-order valence-electron chi connectivity index (χ0n) is 13.3. The molecule has 0 atom stereocenters. The zero-order chi connectivity index (χ0) is 16.8. The van der Waals surface area contributed by atoms with Gasteiger partial charge in [0.25, 0.3) is 0 Å². The van der Waals surface area contributed by atoms with E-state index in [0.717, 1.165) is 24.2 Å². The number of hydrogen-bond acceptors (Lipinski definition) is 3. The van der Waals surface area contributed by atoms with Gasteiger partial charge in [0.15, 0.2) is 0 Å². The van der Waals surface area contributed by atoms with Crippen molar-refractivity contribution in [3.05, 3.63) is 65.5 Å². The summed E-state index contributed by atoms with van der Waals surface area (Å²) in [6.45, 7) is 1.38. The molecule has 124 valence electrons. The van der Waals surface area contributed by atoms with Gasteiger partial charge in [-0.1, -0.05) is 29.8 Å². The van der Waals surface area contributed by atoms with Gasteiger partial charge in [0, 0.05) is 43.2 Å². The summed E-state index contributed by atoms with van der Waals surface area (Å²) in [7, 11) is 0. The number of halogens is 1. The van der Waals surface area contributed by atoms with Crippen LogP contribution in [0.5, 0.6) is 5.75 Å². The third-order valence-corrected chi connectivity index (χ3v) is 4.35. The van der Waals surface area contributed by atoms with Gasteiger partial charge >= 0.3 is 0 Å². The van der Waals surface area contributed by atoms with Crippen molar-refractivity contribution in [3.63, 3.8) is 0 Å². The molecule has 2 heterocycles. The highest BCUT2D eigenvalue weighted by atomic mass is 35.5. The normalized spacial score (nSPS) is 15.6. The summed E-state index contributed by atoms with van der Waals surface area (Å²) in [5.74, 6) is 0.788. The van der Waals surface area contributed by atoms with Crippen LogP contribution >= 0.6 is 11.6 Å². The maximum absolute atomic E-state index is 12.3. The van der Waals surface area contributed by atoms with Gasteiger partial charge in [0.1, 0.15) is 11.9 Å². The molecule has 0 aliphatic carbocycles. The number of carbonyl (C=O) groups is 1. The van der Waals surface area contributed by atoms with Gasteiger partial charge in [-0.2, -0.15) is 0 Å². The van der Waals surface area contributed by atoms with Crippen LogP contribution in [0.25, 0.3) is 6.08 Å². The molecule has 0 unspecified atom stereocenters. The van der Waals surface area contributed by atoms with Gasteiger partial charge in [-0.3, -0.25) is 9.78 Å². The fraction of sp³-hybridized carbons (Fsp3) is 0.263. The number of rotatable bonds is 4. The highest BCUT2D eigenvalue weighted by Gasteiger charge is 2.22. The van der Waals surface area contributed by atoms with E-state index in [1.807, 2.05) is 41.3 Å². The number of benzene rings is 1. The van der Waals surface area contributed by atoms with E-state index in [2.05, 4.69) is 4.98 Å². The van der Waals surface area contributed by atoms with Crippen LogP contribution in [0.4, 0.5) is 0 Å². The summed E-state index contributed by atoms with van der Waals surface area (Å²) in [5.41, 5.74) is 0.849. The second kappa shape index (κ2) is 7.97. The first kappa shape index (κ1) is 16.5. The maximum Gasteiger partial charge on any atom is 0.246 e. The third-order valence-electron chi connectivity index (χ3n) is 4.00. The minimum absolute atomic E-state index is 0.00903. The molecular weight excluding hydrogens is 324 g/mol. The molecule has 1 aromatic heterocycles. The Hall–Kier alpha value is -2.33. The van der Waals surface area contributed by atoms with E-state index in [0.29, 0.717) is 18.1 Å². The van der Waals surface area contributed by atoms with E-state index < -0.39 is 0 Å². The van der Waals surface area contributed by atoms with Gasteiger partial charge in [0.2, 0.25) is 5.91 Å². The molecule has 1 aliphatic heterocycles. The van der Waals surface area contributed by atoms with Crippen molar-refractivity contribution in [2.75, 3.05) is 13.1 Å². The van der Waals surface area contributed by atoms with E-state index in [4.69, 9.17) is 16.3 Å². The van der Waals surface area contributed by atoms with Crippen LogP contribution in [0.3, 0.4) is 0 Å². The lowest BCUT2D eigenvalue weighted by molar-refractivity contribution is -0.127. The molecule has 0 bridgehead atoms. The molecule has 1 aliphatic rings. The third kappa shape index (κ3) is 4.36. The Morgan fingerprint density at radius 1 is 1.21 bits per heavy atom. The van der Waals surface area contributed by atoms with Gasteiger partial charge in [0.05, 0.1) is 6.20 Å². The Morgan fingerprint density at radius 3 is 2.71 bits per heavy atom. The number of amides is 1. The lowest BCUT2D eigenvalue weighted by Crippen LogP contribution is -2.41. The molecule has 0 N–H and O–H groups in total. The van der Waals surface area contributed by atoms with Crippen molar-refractivity contribution in [2.24, 2.45) is 0 Å². The van der Waals surface area contributed by atoms with Crippen molar-refractivity contribution in [1.82, 2.24) is 9.88 Å². The first-order valence-electron chi connectivity index (χ1n) is 8.00. The molecule has 1 saturated heterocycles. The van der Waals surface area contributed by atoms with E-state index in [9.17, 15) is 4.79 Å². The second-order valence-electron chi connectivity index (χ2n) is 5.69. The number of aromatic nitrogens is 1. The van der Waals surface area contributed by atoms with Crippen molar-refractivity contribution in [3.8, 4) is 5.75 Å². The summed E-state index contributed by atoms with van der Waals surface area (Å²) in [5, 5.41) is 0.644. The predicted molar refractivity (Wildman–Crippen MR) is 95.0 cm³/mol. The van der Waals surface area contributed by atoms with E-state index >= 15 is 0 Å². The molecule has 1 amide bonds. The van der Waals surface area contributed by atoms with Crippen molar-refractivity contribution < 1.29 is 9.53 Å². The lowest BCUT2D eigenvalue weighted by Gasteiger charge is -2.31. The molecule has 0 spiro atoms. The van der Waals surface area contributed by atoms with Crippen LogP contribution in [0, 0.1) is 0 Å². The number of ether oxygens (including phenoxy) is 1. The summed E-state index contributed by atoms with van der Waals surface area (Å²) in [6, 6.07) is 11.2. The zero-order valence-corrected chi connectivity index (χ0v) is 14.0. The molecule has 2 aromatic rings. The quantitative estimate of drug-likeness (QED) is 0.793. The van der Waals surface area contributed by atoms with Gasteiger partial charge in [-0.25, -0.2) is 0 Å². The number of likely N-dealkylation sites (tertiary alicyclic amines) is 1. The maximum atomic E-state index is 12.3. The Labute approximate surface area is 146 Å². The molecule has 1 aromatic carbocycles. The summed E-state index contributed by atoms with van der Waals surface area (Å²) in [6.07, 6.45) is 8.56. The van der Waals surface area contributed by atoms with E-state index in [1.54, 1.807) is 24.5 Å². The Morgan fingerprint density at radius 2 is 2.00 bits per heavy atom. The molecule has 0 saturated carbocycles. The van der Waals surface area contributed by atoms with Crippen molar-refractivity contribution in [1.29, 1.82) is 0 Å². The SMILES string of the molecule is O=C(/C=C/c1ccccc1Cl)N1CCC(Oc2cccnc2)CC1. The summed E-state index contributed by atoms with van der Waals surface area (Å²) in [4.78, 5) is 18.2. The van der Waals surface area contributed by atoms with Crippen LogP contribution in [0.1, 0.15) is 18.4 Å². The van der Waals surface area contributed by atoms with Crippen LogP contribution in [0.15, 0.2) is 54.9 Å². The minimum atomic E-state index is 0.00903. The van der Waals surface area contributed by atoms with Crippen LogP contribution < -0.4 is 4.74 Å². The lowest BCUT2D eigenvalue weighted by atomic mass is 10.1. The first-order valence-corrected chi connectivity index (χ1v) is 8.38. The average Bonchev–Trinajstić information content (AvgIpc) is 2.62. The smallest absolute Gasteiger partial charge is 0.246 e. The highest BCUT2D eigenvalue weighted by molar-refractivity contribution is 6.32. The van der Waals surface area contributed by atoms with E-state index in [-0.39, 0.29) is 12.0 Å². The number of nitrogens with zero attached hydrogens (tertiary/aromatic N) is 2. The second-order valence-corrected chi connectivity index (χ2v) is 6.09. The molecule has 3 rings (SSSR count). The molecule has 1 fully saturated rings. The van der Waals surface area contributed by atoms with Crippen LogP contribution in [0.2, 0.25) is 5.02 Å². The van der Waals surface area contributed by atoms with Gasteiger partial charge in [-0.05, 0) is 29.8 Å². The number of pyridine rings is 1. The Balaban J connectivity index is 1.51. The molecule has 4 nitrogen and oxygen atoms in total. The number of carbonyl (C=O) groups excluding carboxylic acids is 1. The summed E-state index contributed by atoms with van der Waals surface area (Å²) < 4.78 is 5.89.